The van der Waals surface area contributed by atoms with Crippen molar-refractivity contribution in [1.82, 2.24) is 9.97 Å². The summed E-state index contributed by atoms with van der Waals surface area (Å²) in [6.07, 6.45) is 0.115. The molecule has 2 aromatic heterocycles. The number of thiazole rings is 2. The Kier molecular flexibility index (Phi) is 9.08. The fourth-order valence-corrected chi connectivity index (χ4v) is 6.02. The Bertz CT molecular complexity index is 1100. The minimum Gasteiger partial charge on any atom is -0.462 e. The van der Waals surface area contributed by atoms with E-state index in [4.69, 9.17) is 28.9 Å². The third-order valence-electron chi connectivity index (χ3n) is 5.70. The molecule has 0 aliphatic carbocycles. The van der Waals surface area contributed by atoms with Gasteiger partial charge in [-0.2, -0.15) is 5.26 Å². The Labute approximate surface area is 217 Å². The summed E-state index contributed by atoms with van der Waals surface area (Å²) in [6, 6.07) is 2.28. The van der Waals surface area contributed by atoms with Crippen molar-refractivity contribution in [1.29, 1.82) is 5.26 Å². The number of nitriles is 1. The van der Waals surface area contributed by atoms with E-state index in [1.807, 2.05) is 4.90 Å². The van der Waals surface area contributed by atoms with Gasteiger partial charge in [0, 0.05) is 32.6 Å². The van der Waals surface area contributed by atoms with E-state index in [-0.39, 0.29) is 19.6 Å². The maximum absolute atomic E-state index is 12.8. The largest absolute Gasteiger partial charge is 0.462 e. The summed E-state index contributed by atoms with van der Waals surface area (Å²) in [5.74, 6) is -1.79. The van der Waals surface area contributed by atoms with Crippen molar-refractivity contribution >= 4 is 44.9 Å². The molecule has 2 fully saturated rings. The number of ether oxygens (including phenoxy) is 4. The van der Waals surface area contributed by atoms with Crippen LogP contribution in [-0.4, -0.2) is 87.7 Å². The zero-order chi connectivity index (χ0) is 25.5. The standard InChI is InChI=1S/C23H29N5O6S2/c1-3-33-20(29)18-16(25-22(35-18)27-5-9-31-10-6-27)13-15(14-24)17-19(21(30)34-4-2)36-23(26-17)28-7-11-32-12-8-28/h15H,3-13H2,1-2H3. The molecular weight excluding hydrogens is 506 g/mol. The lowest BCUT2D eigenvalue weighted by molar-refractivity contribution is 0.0519. The summed E-state index contributed by atoms with van der Waals surface area (Å²) in [6.45, 7) is 8.84. The smallest absolute Gasteiger partial charge is 0.350 e. The van der Waals surface area contributed by atoms with Gasteiger partial charge in [-0.3, -0.25) is 0 Å². The number of hydrogen-bond donors (Lipinski definition) is 0. The second kappa shape index (κ2) is 12.4. The molecule has 194 valence electrons. The average molecular weight is 536 g/mol. The van der Waals surface area contributed by atoms with Gasteiger partial charge in [0.1, 0.15) is 9.75 Å². The minimum absolute atomic E-state index is 0.115. The van der Waals surface area contributed by atoms with Crippen LogP contribution in [0.1, 0.15) is 50.5 Å². The van der Waals surface area contributed by atoms with Crippen molar-refractivity contribution in [2.24, 2.45) is 0 Å². The normalized spacial score (nSPS) is 16.9. The summed E-state index contributed by atoms with van der Waals surface area (Å²) < 4.78 is 21.4. The van der Waals surface area contributed by atoms with Crippen molar-refractivity contribution in [2.45, 2.75) is 26.2 Å². The molecule has 1 atom stereocenters. The molecule has 13 heteroatoms. The van der Waals surface area contributed by atoms with Gasteiger partial charge in [-0.25, -0.2) is 19.6 Å². The Morgan fingerprint density at radius 2 is 1.42 bits per heavy atom. The van der Waals surface area contributed by atoms with Crippen LogP contribution in [0.25, 0.3) is 0 Å². The molecule has 1 unspecified atom stereocenters. The molecule has 0 spiro atoms. The van der Waals surface area contributed by atoms with Crippen LogP contribution in [0.4, 0.5) is 10.3 Å². The third-order valence-corrected chi connectivity index (χ3v) is 7.95. The fourth-order valence-electron chi connectivity index (χ4n) is 3.91. The molecular formula is C23H29N5O6S2. The zero-order valence-electron chi connectivity index (χ0n) is 20.4. The number of carbonyl (C=O) groups is 2. The molecule has 2 saturated heterocycles. The monoisotopic (exact) mass is 535 g/mol. The van der Waals surface area contributed by atoms with Crippen LogP contribution in [0.2, 0.25) is 0 Å². The highest BCUT2D eigenvalue weighted by Gasteiger charge is 2.31. The molecule has 0 amide bonds. The number of rotatable bonds is 9. The molecule has 2 aromatic rings. The van der Waals surface area contributed by atoms with Crippen LogP contribution in [0.3, 0.4) is 0 Å². The number of carbonyl (C=O) groups excluding carboxylic acids is 2. The Morgan fingerprint density at radius 3 is 1.94 bits per heavy atom. The van der Waals surface area contributed by atoms with Crippen LogP contribution < -0.4 is 9.80 Å². The van der Waals surface area contributed by atoms with Crippen molar-refractivity contribution < 1.29 is 28.5 Å². The summed E-state index contributed by atoms with van der Waals surface area (Å²) in [5, 5.41) is 11.5. The molecule has 4 heterocycles. The summed E-state index contributed by atoms with van der Waals surface area (Å²) in [4.78, 5) is 39.7. The highest BCUT2D eigenvalue weighted by atomic mass is 32.1. The first-order valence-electron chi connectivity index (χ1n) is 11.9. The second-order valence-electron chi connectivity index (χ2n) is 8.01. The van der Waals surface area contributed by atoms with E-state index in [0.717, 1.165) is 0 Å². The van der Waals surface area contributed by atoms with Gasteiger partial charge in [0.25, 0.3) is 0 Å². The first kappa shape index (κ1) is 26.3. The van der Waals surface area contributed by atoms with Gasteiger partial charge in [0.15, 0.2) is 10.3 Å². The molecule has 0 radical (unpaired) electrons. The predicted octanol–water partition coefficient (Wildman–Crippen LogP) is 2.48. The Balaban J connectivity index is 1.67. The number of nitrogens with zero attached hydrogens (tertiary/aromatic N) is 5. The third kappa shape index (κ3) is 5.95. The summed E-state index contributed by atoms with van der Waals surface area (Å²) in [5.41, 5.74) is 0.806. The number of anilines is 2. The van der Waals surface area contributed by atoms with Crippen LogP contribution >= 0.6 is 22.7 Å². The summed E-state index contributed by atoms with van der Waals surface area (Å²) in [7, 11) is 0. The fraction of sp³-hybridized carbons (Fsp3) is 0.609. The topological polar surface area (TPSA) is 127 Å². The van der Waals surface area contributed by atoms with Crippen LogP contribution in [-0.2, 0) is 25.4 Å². The van der Waals surface area contributed by atoms with Crippen LogP contribution in [0.5, 0.6) is 0 Å². The number of esters is 2. The average Bonchev–Trinajstić information content (AvgIpc) is 3.54. The zero-order valence-corrected chi connectivity index (χ0v) is 22.0. The number of morpholine rings is 2. The first-order chi connectivity index (χ1) is 17.5. The lowest BCUT2D eigenvalue weighted by atomic mass is 9.99. The quantitative estimate of drug-likeness (QED) is 0.439. The van der Waals surface area contributed by atoms with Crippen molar-refractivity contribution in [3.63, 3.8) is 0 Å². The van der Waals surface area contributed by atoms with Gasteiger partial charge in [-0.15, -0.1) is 0 Å². The molecule has 36 heavy (non-hydrogen) atoms. The predicted molar refractivity (Wildman–Crippen MR) is 134 cm³/mol. The molecule has 0 bridgehead atoms. The van der Waals surface area contributed by atoms with E-state index in [1.165, 1.54) is 22.7 Å². The number of aromatic nitrogens is 2. The van der Waals surface area contributed by atoms with E-state index < -0.39 is 17.9 Å². The molecule has 2 aliphatic rings. The Hall–Kier alpha value is -2.79. The molecule has 4 rings (SSSR count). The van der Waals surface area contributed by atoms with Crippen LogP contribution in [0.15, 0.2) is 0 Å². The highest BCUT2D eigenvalue weighted by Crippen LogP contribution is 2.36. The van der Waals surface area contributed by atoms with Crippen molar-refractivity contribution in [2.75, 3.05) is 75.6 Å². The van der Waals surface area contributed by atoms with E-state index in [1.54, 1.807) is 13.8 Å². The SMILES string of the molecule is CCOC(=O)c1sc(N2CCOCC2)nc1CC(C#N)c1nc(N2CCOCC2)sc1C(=O)OCC. The van der Waals surface area contributed by atoms with E-state index >= 15 is 0 Å². The van der Waals surface area contributed by atoms with Crippen LogP contribution in [0, 0.1) is 11.3 Å². The lowest BCUT2D eigenvalue weighted by Gasteiger charge is -2.26. The van der Waals surface area contributed by atoms with Gasteiger partial charge in [-0.05, 0) is 13.8 Å². The maximum atomic E-state index is 12.8. The maximum Gasteiger partial charge on any atom is 0.350 e. The highest BCUT2D eigenvalue weighted by molar-refractivity contribution is 7.18. The van der Waals surface area contributed by atoms with Gasteiger partial charge >= 0.3 is 11.9 Å². The van der Waals surface area contributed by atoms with E-state index in [0.29, 0.717) is 84.0 Å². The molecule has 11 nitrogen and oxygen atoms in total. The molecule has 0 N–H and O–H groups in total. The Morgan fingerprint density at radius 1 is 0.917 bits per heavy atom. The lowest BCUT2D eigenvalue weighted by Crippen LogP contribution is -2.36. The van der Waals surface area contributed by atoms with E-state index in [2.05, 4.69) is 11.0 Å². The van der Waals surface area contributed by atoms with Gasteiger partial charge in [0.2, 0.25) is 0 Å². The van der Waals surface area contributed by atoms with E-state index in [9.17, 15) is 14.9 Å². The second-order valence-corrected chi connectivity index (χ2v) is 9.96. The molecule has 2 aliphatic heterocycles. The van der Waals surface area contributed by atoms with Gasteiger partial charge in [-0.1, -0.05) is 22.7 Å². The minimum atomic E-state index is -0.803. The van der Waals surface area contributed by atoms with Gasteiger partial charge < -0.3 is 28.7 Å². The van der Waals surface area contributed by atoms with Gasteiger partial charge in [0.05, 0.1) is 63.0 Å². The first-order valence-corrected chi connectivity index (χ1v) is 13.6. The molecule has 0 aromatic carbocycles. The molecule has 0 saturated carbocycles. The van der Waals surface area contributed by atoms with Crippen molar-refractivity contribution in [3.05, 3.63) is 21.1 Å². The summed E-state index contributed by atoms with van der Waals surface area (Å²) >= 11 is 2.47. The number of hydrogen-bond acceptors (Lipinski definition) is 13. The van der Waals surface area contributed by atoms with Crippen molar-refractivity contribution in [3.8, 4) is 6.07 Å².